The molecule has 0 fully saturated rings. The Morgan fingerprint density at radius 2 is 1.43 bits per heavy atom. The minimum atomic E-state index is 0.308. The van der Waals surface area contributed by atoms with Gasteiger partial charge < -0.3 is 4.57 Å². The topological polar surface area (TPSA) is 29.6 Å². The molecule has 0 saturated carbocycles. The first-order valence-corrected chi connectivity index (χ1v) is 21.7. The molecule has 2 atom stereocenters. The van der Waals surface area contributed by atoms with Gasteiger partial charge in [0, 0.05) is 64.9 Å². The second kappa shape index (κ2) is 14.7. The Bertz CT molecular complexity index is 3300. The fraction of sp³-hybridized carbons (Fsp3) is 0.107. The largest absolute Gasteiger partial charge is 0.313 e. The van der Waals surface area contributed by atoms with Crippen LogP contribution in [-0.2, 0) is 12.8 Å². The quantitative estimate of drug-likeness (QED) is 0.119. The van der Waals surface area contributed by atoms with Crippen LogP contribution in [0.3, 0.4) is 0 Å². The molecule has 3 nitrogen and oxygen atoms in total. The van der Waals surface area contributed by atoms with Gasteiger partial charge >= 0.3 is 0 Å². The average molecular weight is 790 g/mol. The zero-order chi connectivity index (χ0) is 40.3. The molecule has 4 heteroatoms. The Hall–Kier alpha value is -6.88. The lowest BCUT2D eigenvalue weighted by molar-refractivity contribution is 0.783. The standard InChI is InChI=1S/C56H43N3S/c1-35-21-28-45(55-50-18-10-12-20-53(50)60-54(55)31-35)37(3)58-56(57-36(2)40-24-29-47-43(32-40)33-42-15-7-8-16-46(42)47)39-22-26-44(27-23-39)59-51-19-11-9-17-48(51)49-30-25-41(34-52(49)59)38-13-5-4-6-14-38/h4-32,35,41H,2,33-34H2,1,3H3/b57-56-,58-37+. The van der Waals surface area contributed by atoms with Crippen LogP contribution in [0.15, 0.2) is 180 Å². The van der Waals surface area contributed by atoms with E-state index in [4.69, 9.17) is 9.98 Å². The molecule has 0 spiro atoms. The molecule has 8 aromatic rings. The summed E-state index contributed by atoms with van der Waals surface area (Å²) in [5.41, 5.74) is 16.3. The number of fused-ring (bicyclic) bond motifs is 9. The van der Waals surface area contributed by atoms with Gasteiger partial charge in [0.2, 0.25) is 0 Å². The predicted molar refractivity (Wildman–Crippen MR) is 256 cm³/mol. The van der Waals surface area contributed by atoms with Crippen molar-refractivity contribution < 1.29 is 0 Å². The Labute approximate surface area is 354 Å². The minimum Gasteiger partial charge on any atom is -0.313 e. The maximum absolute atomic E-state index is 5.44. The average Bonchev–Trinajstić information content (AvgIpc) is 3.91. The van der Waals surface area contributed by atoms with E-state index in [-0.39, 0.29) is 0 Å². The third-order valence-corrected chi connectivity index (χ3v) is 13.6. The number of aromatic nitrogens is 1. The van der Waals surface area contributed by atoms with Crippen molar-refractivity contribution in [2.75, 3.05) is 0 Å². The van der Waals surface area contributed by atoms with E-state index in [1.54, 1.807) is 0 Å². The second-order valence-corrected chi connectivity index (χ2v) is 17.3. The molecule has 2 aromatic heterocycles. The summed E-state index contributed by atoms with van der Waals surface area (Å²) in [7, 11) is 0. The normalized spacial score (nSPS) is 16.9. The molecule has 288 valence electrons. The zero-order valence-electron chi connectivity index (χ0n) is 33.8. The van der Waals surface area contributed by atoms with Crippen molar-refractivity contribution in [1.29, 1.82) is 0 Å². The highest BCUT2D eigenvalue weighted by molar-refractivity contribution is 7.17. The first-order chi connectivity index (χ1) is 29.5. The number of hydrogen-bond acceptors (Lipinski definition) is 2. The second-order valence-electron chi connectivity index (χ2n) is 16.3. The first-order valence-electron chi connectivity index (χ1n) is 20.9. The highest BCUT2D eigenvalue weighted by atomic mass is 32.1. The Morgan fingerprint density at radius 3 is 2.30 bits per heavy atom. The molecule has 6 aromatic carbocycles. The van der Waals surface area contributed by atoms with Crippen LogP contribution in [0.25, 0.3) is 61.2 Å². The van der Waals surface area contributed by atoms with Crippen LogP contribution in [0, 0.1) is 5.92 Å². The third kappa shape index (κ3) is 6.27. The number of nitrogens with zero attached hydrogens (tertiary/aromatic N) is 3. The maximum atomic E-state index is 5.44. The van der Waals surface area contributed by atoms with Crippen molar-refractivity contribution in [3.63, 3.8) is 0 Å². The van der Waals surface area contributed by atoms with Gasteiger partial charge in [-0.1, -0.05) is 147 Å². The summed E-state index contributed by atoms with van der Waals surface area (Å²) < 4.78 is 5.03. The van der Waals surface area contributed by atoms with Gasteiger partial charge in [-0.15, -0.1) is 11.3 Å². The third-order valence-electron chi connectivity index (χ3n) is 12.4. The van der Waals surface area contributed by atoms with Crippen molar-refractivity contribution in [2.24, 2.45) is 15.9 Å². The molecule has 2 unspecified atom stereocenters. The number of hydrogen-bond donors (Lipinski definition) is 0. The lowest BCUT2D eigenvalue weighted by atomic mass is 9.88. The fourth-order valence-corrected chi connectivity index (χ4v) is 10.7. The molecule has 3 aliphatic rings. The van der Waals surface area contributed by atoms with Gasteiger partial charge in [0.15, 0.2) is 5.84 Å². The molecule has 60 heavy (non-hydrogen) atoms. The van der Waals surface area contributed by atoms with Gasteiger partial charge in [-0.05, 0) is 102 Å². The molecule has 11 rings (SSSR count). The molecule has 0 amide bonds. The van der Waals surface area contributed by atoms with E-state index < -0.39 is 0 Å². The minimum absolute atomic E-state index is 0.308. The lowest BCUT2D eigenvalue weighted by Gasteiger charge is -2.21. The molecular weight excluding hydrogens is 747 g/mol. The predicted octanol–water partition coefficient (Wildman–Crippen LogP) is 12.5. The SMILES string of the molecule is C=C(/N=C(\N=C(/C)C1=c2c(sc3ccccc23)=CC(C)C=C1)c1ccc(-n2c3c(c4ccccc42)C=CC(c2ccccc2)C3)cc1)c1ccc2c(c1)Cc1ccccc1-2. The maximum Gasteiger partial charge on any atom is 0.160 e. The van der Waals surface area contributed by atoms with Gasteiger partial charge in [-0.25, -0.2) is 9.98 Å². The van der Waals surface area contributed by atoms with Gasteiger partial charge in [0.25, 0.3) is 0 Å². The molecule has 0 saturated heterocycles. The van der Waals surface area contributed by atoms with Gasteiger partial charge in [0.1, 0.15) is 0 Å². The number of rotatable bonds is 6. The number of allylic oxidation sites excluding steroid dienone is 3. The summed E-state index contributed by atoms with van der Waals surface area (Å²) in [6, 6.07) is 52.5. The fourth-order valence-electron chi connectivity index (χ4n) is 9.45. The van der Waals surface area contributed by atoms with E-state index in [1.807, 2.05) is 11.3 Å². The number of thiophene rings is 1. The van der Waals surface area contributed by atoms with Gasteiger partial charge in [0.05, 0.1) is 11.2 Å². The molecule has 0 aliphatic heterocycles. The molecule has 0 bridgehead atoms. The molecular formula is C56H43N3S. The van der Waals surface area contributed by atoms with Crippen LogP contribution in [0.2, 0.25) is 0 Å². The molecule has 3 aliphatic carbocycles. The van der Waals surface area contributed by atoms with Crippen LogP contribution >= 0.6 is 11.3 Å². The monoisotopic (exact) mass is 789 g/mol. The van der Waals surface area contributed by atoms with E-state index in [0.717, 1.165) is 40.9 Å². The van der Waals surface area contributed by atoms with Crippen molar-refractivity contribution in [1.82, 2.24) is 4.57 Å². The van der Waals surface area contributed by atoms with Crippen LogP contribution in [-0.4, -0.2) is 16.1 Å². The summed E-state index contributed by atoms with van der Waals surface area (Å²) in [6.45, 7) is 8.93. The number of amidine groups is 1. The van der Waals surface area contributed by atoms with Crippen LogP contribution < -0.4 is 9.75 Å². The number of benzene rings is 6. The van der Waals surface area contributed by atoms with E-state index >= 15 is 0 Å². The van der Waals surface area contributed by atoms with Crippen molar-refractivity contribution in [3.05, 3.63) is 219 Å². The Kier molecular flexibility index (Phi) is 8.90. The summed E-state index contributed by atoms with van der Waals surface area (Å²) >= 11 is 1.85. The van der Waals surface area contributed by atoms with Crippen molar-refractivity contribution in [2.45, 2.75) is 32.6 Å². The molecule has 0 N–H and O–H groups in total. The Balaban J connectivity index is 1.03. The molecule has 2 heterocycles. The first kappa shape index (κ1) is 36.2. The smallest absolute Gasteiger partial charge is 0.160 e. The van der Waals surface area contributed by atoms with Gasteiger partial charge in [-0.3, -0.25) is 0 Å². The highest BCUT2D eigenvalue weighted by Gasteiger charge is 2.24. The van der Waals surface area contributed by atoms with Crippen molar-refractivity contribution in [3.8, 4) is 16.8 Å². The van der Waals surface area contributed by atoms with Gasteiger partial charge in [-0.2, -0.15) is 0 Å². The van der Waals surface area contributed by atoms with Crippen molar-refractivity contribution >= 4 is 67.3 Å². The summed E-state index contributed by atoms with van der Waals surface area (Å²) in [6.07, 6.45) is 13.5. The highest BCUT2D eigenvalue weighted by Crippen LogP contribution is 2.39. The number of para-hydroxylation sites is 1. The molecule has 0 radical (unpaired) electrons. The Morgan fingerprint density at radius 1 is 0.700 bits per heavy atom. The van der Waals surface area contributed by atoms with Crippen LogP contribution in [0.4, 0.5) is 0 Å². The summed E-state index contributed by atoms with van der Waals surface area (Å²) in [5, 5.41) is 3.78. The van der Waals surface area contributed by atoms with E-state index in [9.17, 15) is 0 Å². The number of aliphatic imine (C=N–C) groups is 2. The van der Waals surface area contributed by atoms with Crippen LogP contribution in [0.1, 0.15) is 58.8 Å². The lowest BCUT2D eigenvalue weighted by Crippen LogP contribution is -2.24. The summed E-state index contributed by atoms with van der Waals surface area (Å²) in [4.78, 5) is 10.7. The van der Waals surface area contributed by atoms with E-state index in [1.165, 1.54) is 69.8 Å². The zero-order valence-corrected chi connectivity index (χ0v) is 34.6. The van der Waals surface area contributed by atoms with E-state index in [2.05, 4.69) is 201 Å². The van der Waals surface area contributed by atoms with E-state index in [0.29, 0.717) is 23.4 Å². The summed E-state index contributed by atoms with van der Waals surface area (Å²) in [5.74, 6) is 1.26. The van der Waals surface area contributed by atoms with Crippen LogP contribution in [0.5, 0.6) is 0 Å².